The Labute approximate surface area is 133 Å². The molecule has 1 aliphatic carbocycles. The van der Waals surface area contributed by atoms with E-state index in [1.54, 1.807) is 6.20 Å². The van der Waals surface area contributed by atoms with Gasteiger partial charge >= 0.3 is 0 Å². The summed E-state index contributed by atoms with van der Waals surface area (Å²) in [5.41, 5.74) is 2.53. The average molecular weight is 310 g/mol. The minimum absolute atomic E-state index is 0.0886. The number of nitrogens with zero attached hydrogens (tertiary/aromatic N) is 1. The number of fused-ring (bicyclic) bond motifs is 1. The van der Waals surface area contributed by atoms with Crippen molar-refractivity contribution in [2.45, 2.75) is 32.6 Å². The van der Waals surface area contributed by atoms with Gasteiger partial charge < -0.3 is 5.32 Å². The zero-order valence-corrected chi connectivity index (χ0v) is 13.1. The van der Waals surface area contributed by atoms with Gasteiger partial charge in [0.1, 0.15) is 5.82 Å². The summed E-state index contributed by atoms with van der Waals surface area (Å²) in [7, 11) is 0. The lowest BCUT2D eigenvalue weighted by atomic mass is 9.70. The number of allylic oxidation sites excluding steroid dienone is 2. The van der Waals surface area contributed by atoms with Crippen molar-refractivity contribution in [3.05, 3.63) is 57.3 Å². The number of ketones is 1. The summed E-state index contributed by atoms with van der Waals surface area (Å²) in [4.78, 5) is 29.5. The summed E-state index contributed by atoms with van der Waals surface area (Å²) in [6.07, 6.45) is 2.94. The van der Waals surface area contributed by atoms with Gasteiger partial charge in [0.15, 0.2) is 5.78 Å². The lowest BCUT2D eigenvalue weighted by Gasteiger charge is -2.37. The fraction of sp³-hybridized carbons (Fsp3) is 0.353. The van der Waals surface area contributed by atoms with E-state index >= 15 is 0 Å². The molecular weight excluding hydrogens is 292 g/mol. The highest BCUT2D eigenvalue weighted by atomic mass is 16.1. The summed E-state index contributed by atoms with van der Waals surface area (Å²) in [5, 5.41) is 8.74. The highest BCUT2D eigenvalue weighted by molar-refractivity contribution is 6.01. The minimum atomic E-state index is -0.416. The fourth-order valence-corrected chi connectivity index (χ4v) is 3.66. The molecule has 6 heteroatoms. The molecule has 0 unspecified atom stereocenters. The molecule has 2 aliphatic rings. The molecule has 0 amide bonds. The van der Waals surface area contributed by atoms with E-state index in [2.05, 4.69) is 34.3 Å². The van der Waals surface area contributed by atoms with Crippen LogP contribution in [0.5, 0.6) is 0 Å². The van der Waals surface area contributed by atoms with Crippen LogP contribution in [0.15, 0.2) is 40.5 Å². The number of nitrogens with one attached hydrogen (secondary N) is 3. The summed E-state index contributed by atoms with van der Waals surface area (Å²) in [6.45, 7) is 4.17. The summed E-state index contributed by atoms with van der Waals surface area (Å²) >= 11 is 0. The second-order valence-corrected chi connectivity index (χ2v) is 7.01. The third-order valence-electron chi connectivity index (χ3n) is 4.57. The molecule has 0 bridgehead atoms. The number of anilines is 1. The highest BCUT2D eigenvalue weighted by Crippen LogP contribution is 2.46. The topological polar surface area (TPSA) is 90.6 Å². The molecule has 0 fully saturated rings. The molecule has 0 aromatic carbocycles. The number of rotatable bonds is 1. The van der Waals surface area contributed by atoms with Gasteiger partial charge in [0, 0.05) is 23.9 Å². The lowest BCUT2D eigenvalue weighted by Crippen LogP contribution is -2.35. The van der Waals surface area contributed by atoms with Gasteiger partial charge in [-0.2, -0.15) is 0 Å². The molecular formula is C17H18N4O2. The highest BCUT2D eigenvalue weighted by Gasteiger charge is 2.42. The van der Waals surface area contributed by atoms with Crippen molar-refractivity contribution in [3.63, 3.8) is 0 Å². The molecule has 0 spiro atoms. The Balaban J connectivity index is 1.96. The third-order valence-corrected chi connectivity index (χ3v) is 4.57. The molecule has 2 aromatic heterocycles. The van der Waals surface area contributed by atoms with Crippen molar-refractivity contribution in [2.75, 3.05) is 5.32 Å². The van der Waals surface area contributed by atoms with E-state index in [1.807, 2.05) is 18.2 Å². The molecule has 0 radical (unpaired) electrons. The number of pyridine rings is 1. The number of hydrogen-bond donors (Lipinski definition) is 3. The van der Waals surface area contributed by atoms with E-state index in [1.165, 1.54) is 0 Å². The predicted octanol–water partition coefficient (Wildman–Crippen LogP) is 2.30. The summed E-state index contributed by atoms with van der Waals surface area (Å²) < 4.78 is 0. The average Bonchev–Trinajstić information content (AvgIpc) is 2.86. The molecule has 6 nitrogen and oxygen atoms in total. The van der Waals surface area contributed by atoms with Crippen molar-refractivity contribution >= 4 is 11.6 Å². The van der Waals surface area contributed by atoms with Crippen LogP contribution in [0.4, 0.5) is 5.82 Å². The SMILES string of the molecule is CC1(C)CC(=O)C2=C(C1)Nc1[nH][nH]c(=O)c1[C@H]2c1ccccn1. The quantitative estimate of drug-likeness (QED) is 0.754. The van der Waals surface area contributed by atoms with Gasteiger partial charge in [-0.05, 0) is 24.0 Å². The second kappa shape index (κ2) is 4.68. The van der Waals surface area contributed by atoms with Gasteiger partial charge in [-0.1, -0.05) is 19.9 Å². The fourth-order valence-electron chi connectivity index (χ4n) is 3.66. The molecule has 0 saturated carbocycles. The Kier molecular flexibility index (Phi) is 2.85. The Hall–Kier alpha value is -2.63. The molecule has 4 rings (SSSR count). The molecule has 0 saturated heterocycles. The molecule has 118 valence electrons. The van der Waals surface area contributed by atoms with Crippen LogP contribution in [0.1, 0.15) is 43.9 Å². The summed E-state index contributed by atoms with van der Waals surface area (Å²) in [6, 6.07) is 5.57. The zero-order valence-electron chi connectivity index (χ0n) is 13.1. The van der Waals surface area contributed by atoms with Gasteiger partial charge in [0.2, 0.25) is 0 Å². The molecule has 3 heterocycles. The standard InChI is InChI=1S/C17H18N4O2/c1-17(2)7-10-12(11(22)8-17)13(9-5-3-4-6-18-9)14-15(19-10)20-21-16(14)23/h3-6,13H,7-8H2,1-2H3,(H3,19,20,21,23)/t13-/m0/s1. The Morgan fingerprint density at radius 2 is 2.00 bits per heavy atom. The Bertz CT molecular complexity index is 873. The van der Waals surface area contributed by atoms with E-state index in [-0.39, 0.29) is 16.8 Å². The third kappa shape index (κ3) is 2.13. The van der Waals surface area contributed by atoms with Gasteiger partial charge in [-0.3, -0.25) is 24.8 Å². The van der Waals surface area contributed by atoms with Gasteiger partial charge in [-0.15, -0.1) is 0 Å². The first-order chi connectivity index (χ1) is 11.0. The van der Waals surface area contributed by atoms with Crippen molar-refractivity contribution < 1.29 is 4.79 Å². The normalized spacial score (nSPS) is 22.3. The Morgan fingerprint density at radius 3 is 2.74 bits per heavy atom. The molecule has 3 N–H and O–H groups in total. The van der Waals surface area contributed by atoms with Gasteiger partial charge in [-0.25, -0.2) is 0 Å². The Morgan fingerprint density at radius 1 is 1.17 bits per heavy atom. The van der Waals surface area contributed by atoms with E-state index in [9.17, 15) is 9.59 Å². The number of aromatic amines is 2. The number of Topliss-reactive ketones (excluding diaryl/α,β-unsaturated/α-hetero) is 1. The molecule has 1 aliphatic heterocycles. The number of carbonyl (C=O) groups excluding carboxylic acids is 1. The number of H-pyrrole nitrogens is 2. The molecule has 23 heavy (non-hydrogen) atoms. The minimum Gasteiger partial charge on any atom is -0.343 e. The van der Waals surface area contributed by atoms with E-state index < -0.39 is 5.92 Å². The maximum Gasteiger partial charge on any atom is 0.270 e. The van der Waals surface area contributed by atoms with Crippen molar-refractivity contribution in [1.82, 2.24) is 15.2 Å². The van der Waals surface area contributed by atoms with Crippen molar-refractivity contribution in [2.24, 2.45) is 5.41 Å². The van der Waals surface area contributed by atoms with Gasteiger partial charge in [0.05, 0.1) is 17.2 Å². The lowest BCUT2D eigenvalue weighted by molar-refractivity contribution is -0.118. The maximum atomic E-state index is 12.8. The first kappa shape index (κ1) is 14.0. The van der Waals surface area contributed by atoms with Gasteiger partial charge in [0.25, 0.3) is 5.56 Å². The predicted molar refractivity (Wildman–Crippen MR) is 86.2 cm³/mol. The number of carbonyl (C=O) groups is 1. The second-order valence-electron chi connectivity index (χ2n) is 7.01. The first-order valence-electron chi connectivity index (χ1n) is 7.71. The number of hydrogen-bond acceptors (Lipinski definition) is 4. The maximum absolute atomic E-state index is 12.8. The van der Waals surface area contributed by atoms with Crippen LogP contribution >= 0.6 is 0 Å². The van der Waals surface area contributed by atoms with E-state index in [0.717, 1.165) is 17.8 Å². The van der Waals surface area contributed by atoms with Crippen molar-refractivity contribution in [1.29, 1.82) is 0 Å². The monoisotopic (exact) mass is 310 g/mol. The smallest absolute Gasteiger partial charge is 0.270 e. The zero-order chi connectivity index (χ0) is 16.2. The van der Waals surface area contributed by atoms with Crippen LogP contribution in [0, 0.1) is 5.41 Å². The van der Waals surface area contributed by atoms with Crippen molar-refractivity contribution in [3.8, 4) is 0 Å². The van der Waals surface area contributed by atoms with Crippen LogP contribution in [-0.2, 0) is 4.79 Å². The van der Waals surface area contributed by atoms with Crippen LogP contribution < -0.4 is 10.9 Å². The first-order valence-corrected chi connectivity index (χ1v) is 7.71. The van der Waals surface area contributed by atoms with E-state index in [0.29, 0.717) is 23.4 Å². The van der Waals surface area contributed by atoms with Crippen LogP contribution in [0.25, 0.3) is 0 Å². The van der Waals surface area contributed by atoms with Crippen LogP contribution in [-0.4, -0.2) is 21.0 Å². The molecule has 2 aromatic rings. The summed E-state index contributed by atoms with van der Waals surface area (Å²) in [5.74, 6) is 0.307. The van der Waals surface area contributed by atoms with Crippen LogP contribution in [0.2, 0.25) is 0 Å². The molecule has 1 atom stereocenters. The largest absolute Gasteiger partial charge is 0.343 e. The number of aromatic nitrogens is 3. The van der Waals surface area contributed by atoms with E-state index in [4.69, 9.17) is 0 Å². The van der Waals surface area contributed by atoms with Crippen LogP contribution in [0.3, 0.4) is 0 Å².